The van der Waals surface area contributed by atoms with Crippen molar-refractivity contribution < 1.29 is 18.0 Å². The van der Waals surface area contributed by atoms with E-state index in [0.717, 1.165) is 18.2 Å². The van der Waals surface area contributed by atoms with E-state index in [-0.39, 0.29) is 30.5 Å². The summed E-state index contributed by atoms with van der Waals surface area (Å²) in [7, 11) is 0. The first kappa shape index (κ1) is 17.1. The highest BCUT2D eigenvalue weighted by molar-refractivity contribution is 5.76. The third-order valence-corrected chi connectivity index (χ3v) is 4.28. The number of aromatic nitrogens is 3. The molecule has 0 N–H and O–H groups in total. The number of fused-ring (bicyclic) bond motifs is 1. The van der Waals surface area contributed by atoms with Crippen molar-refractivity contribution in [2.24, 2.45) is 0 Å². The Morgan fingerprint density at radius 1 is 1.22 bits per heavy atom. The lowest BCUT2D eigenvalue weighted by atomic mass is 10.1. The van der Waals surface area contributed by atoms with Crippen molar-refractivity contribution in [1.29, 1.82) is 0 Å². The number of carbonyl (C=O) groups excluding carboxylic acids is 1. The van der Waals surface area contributed by atoms with Crippen LogP contribution in [-0.2, 0) is 24.3 Å². The molecule has 0 aliphatic carbocycles. The number of hydrogen-bond donors (Lipinski definition) is 0. The average molecular weight is 372 g/mol. The summed E-state index contributed by atoms with van der Waals surface area (Å²) < 4.78 is 33.7. The molecule has 0 saturated carbocycles. The standard InChI is InChI=1S/C18H14F2N4O3/c19-12-6-11(7-13(20)8-12)17-22-14-9-23(5-2-15(14)27-17)16(25)10-24-4-1-3-21-18(24)26/h1,3-4,6-8H,2,5,9-10H2. The molecule has 0 radical (unpaired) electrons. The van der Waals surface area contributed by atoms with Gasteiger partial charge in [-0.15, -0.1) is 0 Å². The van der Waals surface area contributed by atoms with Gasteiger partial charge in [0.1, 0.15) is 29.6 Å². The summed E-state index contributed by atoms with van der Waals surface area (Å²) in [6, 6.07) is 4.62. The van der Waals surface area contributed by atoms with Gasteiger partial charge in [0.15, 0.2) is 0 Å². The average Bonchev–Trinajstić information content (AvgIpc) is 3.06. The van der Waals surface area contributed by atoms with E-state index in [1.54, 1.807) is 11.0 Å². The van der Waals surface area contributed by atoms with Gasteiger partial charge in [0.25, 0.3) is 0 Å². The largest absolute Gasteiger partial charge is 0.441 e. The number of rotatable bonds is 3. The first-order valence-corrected chi connectivity index (χ1v) is 8.24. The molecule has 4 rings (SSSR count). The van der Waals surface area contributed by atoms with Crippen LogP contribution in [0.25, 0.3) is 11.5 Å². The van der Waals surface area contributed by atoms with Crippen molar-refractivity contribution in [3.05, 3.63) is 70.2 Å². The highest BCUT2D eigenvalue weighted by Crippen LogP contribution is 2.27. The molecule has 1 aliphatic rings. The van der Waals surface area contributed by atoms with Gasteiger partial charge in [-0.2, -0.15) is 0 Å². The van der Waals surface area contributed by atoms with Crippen LogP contribution in [0.4, 0.5) is 8.78 Å². The van der Waals surface area contributed by atoms with Crippen LogP contribution in [0.5, 0.6) is 0 Å². The fourth-order valence-corrected chi connectivity index (χ4v) is 2.97. The first-order chi connectivity index (χ1) is 13.0. The minimum Gasteiger partial charge on any atom is -0.441 e. The van der Waals surface area contributed by atoms with Crippen molar-refractivity contribution in [2.45, 2.75) is 19.5 Å². The Morgan fingerprint density at radius 3 is 2.74 bits per heavy atom. The highest BCUT2D eigenvalue weighted by Gasteiger charge is 2.26. The van der Waals surface area contributed by atoms with Gasteiger partial charge in [-0.3, -0.25) is 9.36 Å². The van der Waals surface area contributed by atoms with E-state index in [1.165, 1.54) is 17.0 Å². The fourth-order valence-electron chi connectivity index (χ4n) is 2.97. The summed E-state index contributed by atoms with van der Waals surface area (Å²) >= 11 is 0. The van der Waals surface area contributed by atoms with Crippen molar-refractivity contribution >= 4 is 5.91 Å². The Kier molecular flexibility index (Phi) is 4.27. The molecule has 3 heterocycles. The predicted molar refractivity (Wildman–Crippen MR) is 89.5 cm³/mol. The smallest absolute Gasteiger partial charge is 0.347 e. The highest BCUT2D eigenvalue weighted by atomic mass is 19.1. The van der Waals surface area contributed by atoms with Crippen LogP contribution < -0.4 is 5.69 Å². The number of oxazole rings is 1. The molecule has 0 fully saturated rings. The molecule has 3 aromatic rings. The second-order valence-corrected chi connectivity index (χ2v) is 6.14. The number of halogens is 2. The Labute approximate surface area is 151 Å². The number of nitrogens with zero attached hydrogens (tertiary/aromatic N) is 4. The summed E-state index contributed by atoms with van der Waals surface area (Å²) in [6.07, 6.45) is 3.28. The molecule has 7 nitrogen and oxygen atoms in total. The maximum Gasteiger partial charge on any atom is 0.347 e. The van der Waals surface area contributed by atoms with Crippen LogP contribution in [0.15, 0.2) is 45.9 Å². The molecule has 2 aromatic heterocycles. The number of hydrogen-bond acceptors (Lipinski definition) is 5. The van der Waals surface area contributed by atoms with Crippen LogP contribution >= 0.6 is 0 Å². The third-order valence-electron chi connectivity index (χ3n) is 4.28. The second-order valence-electron chi connectivity index (χ2n) is 6.14. The monoisotopic (exact) mass is 372 g/mol. The molecule has 9 heteroatoms. The molecular formula is C18H14F2N4O3. The van der Waals surface area contributed by atoms with Gasteiger partial charge in [-0.25, -0.2) is 23.5 Å². The zero-order chi connectivity index (χ0) is 19.0. The lowest BCUT2D eigenvalue weighted by Gasteiger charge is -2.25. The van der Waals surface area contributed by atoms with E-state index in [1.807, 2.05) is 0 Å². The Bertz CT molecular complexity index is 1060. The van der Waals surface area contributed by atoms with E-state index in [2.05, 4.69) is 9.97 Å². The van der Waals surface area contributed by atoms with Crippen LogP contribution in [0.1, 0.15) is 11.5 Å². The summed E-state index contributed by atoms with van der Waals surface area (Å²) in [5.74, 6) is -1.01. The molecule has 138 valence electrons. The quantitative estimate of drug-likeness (QED) is 0.700. The predicted octanol–water partition coefficient (Wildman–Crippen LogP) is 1.76. The maximum atomic E-state index is 13.4. The Hall–Kier alpha value is -3.36. The molecule has 0 bridgehead atoms. The fraction of sp³-hybridized carbons (Fsp3) is 0.222. The zero-order valence-corrected chi connectivity index (χ0v) is 14.1. The molecule has 1 amide bonds. The maximum absolute atomic E-state index is 13.4. The minimum absolute atomic E-state index is 0.108. The molecule has 1 aliphatic heterocycles. The van der Waals surface area contributed by atoms with Gasteiger partial charge in [0.05, 0.1) is 6.54 Å². The van der Waals surface area contributed by atoms with E-state index >= 15 is 0 Å². The van der Waals surface area contributed by atoms with Crippen molar-refractivity contribution in [2.75, 3.05) is 6.54 Å². The van der Waals surface area contributed by atoms with Gasteiger partial charge in [0.2, 0.25) is 11.8 Å². The number of carbonyl (C=O) groups is 1. The van der Waals surface area contributed by atoms with Crippen LogP contribution in [-0.4, -0.2) is 31.9 Å². The Morgan fingerprint density at radius 2 is 2.00 bits per heavy atom. The number of benzene rings is 1. The van der Waals surface area contributed by atoms with Crippen molar-refractivity contribution in [1.82, 2.24) is 19.4 Å². The van der Waals surface area contributed by atoms with E-state index in [0.29, 0.717) is 24.4 Å². The second kappa shape index (κ2) is 6.75. The van der Waals surface area contributed by atoms with Crippen LogP contribution in [0.3, 0.4) is 0 Å². The third kappa shape index (κ3) is 3.48. The van der Waals surface area contributed by atoms with Crippen LogP contribution in [0.2, 0.25) is 0 Å². The zero-order valence-electron chi connectivity index (χ0n) is 14.1. The van der Waals surface area contributed by atoms with Gasteiger partial charge >= 0.3 is 5.69 Å². The van der Waals surface area contributed by atoms with Crippen molar-refractivity contribution in [3.63, 3.8) is 0 Å². The van der Waals surface area contributed by atoms with Crippen molar-refractivity contribution in [3.8, 4) is 11.5 Å². The van der Waals surface area contributed by atoms with E-state index < -0.39 is 17.3 Å². The normalized spacial score (nSPS) is 13.5. The first-order valence-electron chi connectivity index (χ1n) is 8.24. The summed E-state index contributed by atoms with van der Waals surface area (Å²) in [5, 5.41) is 0. The van der Waals surface area contributed by atoms with Gasteiger partial charge < -0.3 is 9.32 Å². The van der Waals surface area contributed by atoms with Crippen LogP contribution in [0, 0.1) is 11.6 Å². The minimum atomic E-state index is -0.722. The molecular weight excluding hydrogens is 358 g/mol. The van der Waals surface area contributed by atoms with Gasteiger partial charge in [-0.1, -0.05) is 0 Å². The van der Waals surface area contributed by atoms with Gasteiger partial charge in [0, 0.05) is 37.0 Å². The molecule has 0 unspecified atom stereocenters. The summed E-state index contributed by atoms with van der Waals surface area (Å²) in [5.41, 5.74) is 0.231. The molecule has 0 saturated heterocycles. The van der Waals surface area contributed by atoms with E-state index in [4.69, 9.17) is 4.42 Å². The molecule has 0 atom stereocenters. The molecule has 0 spiro atoms. The summed E-state index contributed by atoms with van der Waals surface area (Å²) in [6.45, 7) is 0.472. The molecule has 1 aromatic carbocycles. The molecule has 27 heavy (non-hydrogen) atoms. The lowest BCUT2D eigenvalue weighted by Crippen LogP contribution is -2.39. The number of amides is 1. The Balaban J connectivity index is 1.53. The lowest BCUT2D eigenvalue weighted by molar-refractivity contribution is -0.133. The summed E-state index contributed by atoms with van der Waals surface area (Å²) in [4.78, 5) is 33.6. The van der Waals surface area contributed by atoms with Gasteiger partial charge in [-0.05, 0) is 18.2 Å². The SMILES string of the molecule is O=C(Cn1cccnc1=O)N1CCc2oc(-c3cc(F)cc(F)c3)nc2C1. The topological polar surface area (TPSA) is 81.2 Å². The van der Waals surface area contributed by atoms with E-state index in [9.17, 15) is 18.4 Å².